The number of rotatable bonds is 4. The van der Waals surface area contributed by atoms with Gasteiger partial charge in [0.1, 0.15) is 5.82 Å². The first-order chi connectivity index (χ1) is 8.20. The summed E-state index contributed by atoms with van der Waals surface area (Å²) in [7, 11) is 0. The Kier molecular flexibility index (Phi) is 3.54. The van der Waals surface area contributed by atoms with E-state index in [0.717, 1.165) is 29.9 Å². The maximum Gasteiger partial charge on any atom is 0.112 e. The quantitative estimate of drug-likeness (QED) is 0.870. The molecule has 0 aromatic carbocycles. The van der Waals surface area contributed by atoms with Gasteiger partial charge in [-0.05, 0) is 25.0 Å². The van der Waals surface area contributed by atoms with Crippen LogP contribution in [0.15, 0.2) is 30.9 Å². The molecule has 17 heavy (non-hydrogen) atoms. The molecule has 0 aliphatic heterocycles. The number of aromatic nitrogens is 3. The van der Waals surface area contributed by atoms with Crippen LogP contribution in [0.4, 0.5) is 0 Å². The van der Waals surface area contributed by atoms with Gasteiger partial charge in [-0.15, -0.1) is 0 Å². The second-order valence-corrected chi connectivity index (χ2v) is 4.30. The van der Waals surface area contributed by atoms with Gasteiger partial charge in [0.25, 0.3) is 0 Å². The lowest BCUT2D eigenvalue weighted by Crippen LogP contribution is -2.18. The minimum atomic E-state index is 0.153. The largest absolute Gasteiger partial charge is 0.328 e. The lowest BCUT2D eigenvalue weighted by atomic mass is 10.1. The fraction of sp³-hybridized carbons (Fsp3) is 0.385. The van der Waals surface area contributed by atoms with Crippen LogP contribution in [0.3, 0.4) is 0 Å². The summed E-state index contributed by atoms with van der Waals surface area (Å²) >= 11 is 0. The van der Waals surface area contributed by atoms with Gasteiger partial charge in [-0.25, -0.2) is 4.98 Å². The van der Waals surface area contributed by atoms with Crippen molar-refractivity contribution in [3.63, 3.8) is 0 Å². The zero-order valence-corrected chi connectivity index (χ0v) is 10.3. The first-order valence-corrected chi connectivity index (χ1v) is 5.92. The molecule has 2 aromatic rings. The smallest absolute Gasteiger partial charge is 0.112 e. The van der Waals surface area contributed by atoms with Crippen LogP contribution in [0.1, 0.15) is 25.2 Å². The summed E-state index contributed by atoms with van der Waals surface area (Å²) in [4.78, 5) is 8.58. The van der Waals surface area contributed by atoms with Crippen molar-refractivity contribution in [2.24, 2.45) is 5.73 Å². The minimum Gasteiger partial charge on any atom is -0.328 e. The third-order valence-corrected chi connectivity index (χ3v) is 2.65. The van der Waals surface area contributed by atoms with E-state index >= 15 is 0 Å². The molecule has 0 aliphatic rings. The van der Waals surface area contributed by atoms with Crippen LogP contribution in [0.5, 0.6) is 0 Å². The second-order valence-electron chi connectivity index (χ2n) is 4.30. The molecule has 1 unspecified atom stereocenters. The van der Waals surface area contributed by atoms with E-state index in [1.54, 1.807) is 0 Å². The second kappa shape index (κ2) is 5.10. The van der Waals surface area contributed by atoms with E-state index in [2.05, 4.69) is 27.5 Å². The third kappa shape index (κ3) is 2.71. The molecule has 2 aromatic heterocycles. The summed E-state index contributed by atoms with van der Waals surface area (Å²) in [5, 5.41) is 0. The van der Waals surface area contributed by atoms with Crippen molar-refractivity contribution in [3.8, 4) is 5.69 Å². The van der Waals surface area contributed by atoms with Gasteiger partial charge in [-0.3, -0.25) is 4.98 Å². The average Bonchev–Trinajstić information content (AvgIpc) is 2.76. The van der Waals surface area contributed by atoms with Crippen molar-refractivity contribution in [1.29, 1.82) is 0 Å². The summed E-state index contributed by atoms with van der Waals surface area (Å²) in [5.41, 5.74) is 8.02. The van der Waals surface area contributed by atoms with E-state index in [1.165, 1.54) is 0 Å². The number of aryl methyl sites for hydroxylation is 1. The van der Waals surface area contributed by atoms with E-state index in [4.69, 9.17) is 5.73 Å². The number of hydrogen-bond acceptors (Lipinski definition) is 3. The standard InChI is InChI=1S/C13H18N4/c1-3-13-16-4-5-17(13)12-7-11(6-10(2)14)8-15-9-12/h4-5,7-10H,3,6,14H2,1-2H3. The SMILES string of the molecule is CCc1nccn1-c1cncc(CC(C)N)c1. The van der Waals surface area contributed by atoms with Crippen molar-refractivity contribution in [2.75, 3.05) is 0 Å². The van der Waals surface area contributed by atoms with Crippen LogP contribution >= 0.6 is 0 Å². The van der Waals surface area contributed by atoms with E-state index in [9.17, 15) is 0 Å². The van der Waals surface area contributed by atoms with Gasteiger partial charge < -0.3 is 10.3 Å². The number of imidazole rings is 1. The fourth-order valence-corrected chi connectivity index (χ4v) is 1.92. The van der Waals surface area contributed by atoms with Crippen LogP contribution in [-0.4, -0.2) is 20.6 Å². The molecule has 90 valence electrons. The minimum absolute atomic E-state index is 0.153. The van der Waals surface area contributed by atoms with E-state index in [-0.39, 0.29) is 6.04 Å². The highest BCUT2D eigenvalue weighted by Crippen LogP contribution is 2.12. The van der Waals surface area contributed by atoms with Crippen molar-refractivity contribution >= 4 is 0 Å². The van der Waals surface area contributed by atoms with Crippen LogP contribution in [-0.2, 0) is 12.8 Å². The van der Waals surface area contributed by atoms with Gasteiger partial charge in [0, 0.05) is 31.1 Å². The molecular weight excluding hydrogens is 212 g/mol. The van der Waals surface area contributed by atoms with Crippen LogP contribution in [0.25, 0.3) is 5.69 Å². The fourth-order valence-electron chi connectivity index (χ4n) is 1.92. The Morgan fingerprint density at radius 3 is 2.94 bits per heavy atom. The predicted octanol–water partition coefficient (Wildman–Crippen LogP) is 1.72. The molecule has 0 spiro atoms. The summed E-state index contributed by atoms with van der Waals surface area (Å²) in [5.74, 6) is 1.05. The summed E-state index contributed by atoms with van der Waals surface area (Å²) in [6.07, 6.45) is 9.25. The highest BCUT2D eigenvalue weighted by molar-refractivity contribution is 5.34. The predicted molar refractivity (Wildman–Crippen MR) is 68.1 cm³/mol. The highest BCUT2D eigenvalue weighted by Gasteiger charge is 2.05. The molecule has 2 N–H and O–H groups in total. The molecule has 0 aliphatic carbocycles. The monoisotopic (exact) mass is 230 g/mol. The van der Waals surface area contributed by atoms with E-state index < -0.39 is 0 Å². The molecule has 1 atom stereocenters. The zero-order valence-electron chi connectivity index (χ0n) is 10.3. The maximum atomic E-state index is 5.80. The Morgan fingerprint density at radius 2 is 2.24 bits per heavy atom. The average molecular weight is 230 g/mol. The van der Waals surface area contributed by atoms with Crippen molar-refractivity contribution < 1.29 is 0 Å². The summed E-state index contributed by atoms with van der Waals surface area (Å²) in [6.45, 7) is 4.10. The van der Waals surface area contributed by atoms with Gasteiger partial charge in [0.05, 0.1) is 11.9 Å². The Morgan fingerprint density at radius 1 is 1.41 bits per heavy atom. The molecule has 2 rings (SSSR count). The van der Waals surface area contributed by atoms with Gasteiger partial charge >= 0.3 is 0 Å². The molecule has 0 radical (unpaired) electrons. The van der Waals surface area contributed by atoms with Crippen LogP contribution < -0.4 is 5.73 Å². The summed E-state index contributed by atoms with van der Waals surface area (Å²) < 4.78 is 2.07. The Balaban J connectivity index is 2.33. The molecule has 0 saturated heterocycles. The van der Waals surface area contributed by atoms with Crippen molar-refractivity contribution in [3.05, 3.63) is 42.2 Å². The van der Waals surface area contributed by atoms with Crippen molar-refractivity contribution in [1.82, 2.24) is 14.5 Å². The Bertz CT molecular complexity index is 488. The molecule has 0 fully saturated rings. The summed E-state index contributed by atoms with van der Waals surface area (Å²) in [6, 6.07) is 2.28. The first-order valence-electron chi connectivity index (χ1n) is 5.92. The molecule has 2 heterocycles. The zero-order chi connectivity index (χ0) is 12.3. The lowest BCUT2D eigenvalue weighted by Gasteiger charge is -2.09. The van der Waals surface area contributed by atoms with Gasteiger partial charge in [0.2, 0.25) is 0 Å². The number of nitrogens with two attached hydrogens (primary N) is 1. The topological polar surface area (TPSA) is 56.7 Å². The number of hydrogen-bond donors (Lipinski definition) is 1. The Hall–Kier alpha value is -1.68. The molecule has 0 bridgehead atoms. The molecule has 4 heteroatoms. The molecular formula is C13H18N4. The van der Waals surface area contributed by atoms with Crippen LogP contribution in [0, 0.1) is 0 Å². The van der Waals surface area contributed by atoms with Crippen LogP contribution in [0.2, 0.25) is 0 Å². The number of nitrogens with zero attached hydrogens (tertiary/aromatic N) is 3. The lowest BCUT2D eigenvalue weighted by molar-refractivity contribution is 0.734. The van der Waals surface area contributed by atoms with E-state index in [0.29, 0.717) is 0 Å². The molecule has 4 nitrogen and oxygen atoms in total. The maximum absolute atomic E-state index is 5.80. The van der Waals surface area contributed by atoms with Gasteiger partial charge in [-0.1, -0.05) is 6.92 Å². The van der Waals surface area contributed by atoms with Crippen molar-refractivity contribution in [2.45, 2.75) is 32.7 Å². The third-order valence-electron chi connectivity index (χ3n) is 2.65. The van der Waals surface area contributed by atoms with Gasteiger partial charge in [-0.2, -0.15) is 0 Å². The molecule has 0 saturated carbocycles. The number of pyridine rings is 1. The first kappa shape index (κ1) is 11.8. The van der Waals surface area contributed by atoms with E-state index in [1.807, 2.05) is 31.7 Å². The molecule has 0 amide bonds. The van der Waals surface area contributed by atoms with Gasteiger partial charge in [0.15, 0.2) is 0 Å². The highest BCUT2D eigenvalue weighted by atomic mass is 15.1. The normalized spacial score (nSPS) is 12.6. The Labute approximate surface area is 102 Å².